The van der Waals surface area contributed by atoms with E-state index in [1.807, 2.05) is 30.3 Å². The van der Waals surface area contributed by atoms with Crippen molar-refractivity contribution in [1.29, 1.82) is 0 Å². The van der Waals surface area contributed by atoms with Gasteiger partial charge in [0, 0.05) is 5.57 Å². The molecule has 0 spiro atoms. The van der Waals surface area contributed by atoms with Crippen molar-refractivity contribution in [3.05, 3.63) is 42.0 Å². The molecular formula is C15H20O. The van der Waals surface area contributed by atoms with Gasteiger partial charge in [-0.25, -0.2) is 0 Å². The molecule has 1 rings (SSSR count). The van der Waals surface area contributed by atoms with Crippen LogP contribution in [-0.4, -0.2) is 6.29 Å². The third-order valence-electron chi connectivity index (χ3n) is 2.66. The number of unbranched alkanes of at least 4 members (excludes halogenated alkanes) is 4. The van der Waals surface area contributed by atoms with Crippen LogP contribution in [0.25, 0.3) is 5.57 Å². The minimum atomic E-state index is 0.817. The molecule has 1 aromatic carbocycles. The van der Waals surface area contributed by atoms with Gasteiger partial charge in [0.1, 0.15) is 6.29 Å². The Hall–Kier alpha value is -1.37. The molecular weight excluding hydrogens is 196 g/mol. The van der Waals surface area contributed by atoms with Crippen LogP contribution in [0.15, 0.2) is 36.4 Å². The maximum Gasteiger partial charge on any atom is 0.150 e. The van der Waals surface area contributed by atoms with E-state index in [4.69, 9.17) is 0 Å². The first-order chi connectivity index (χ1) is 7.88. The maximum atomic E-state index is 11.0. The van der Waals surface area contributed by atoms with Gasteiger partial charge in [0.2, 0.25) is 0 Å². The van der Waals surface area contributed by atoms with Gasteiger partial charge < -0.3 is 0 Å². The topological polar surface area (TPSA) is 17.1 Å². The van der Waals surface area contributed by atoms with E-state index in [0.29, 0.717) is 0 Å². The molecule has 0 atom stereocenters. The highest BCUT2D eigenvalue weighted by Crippen LogP contribution is 2.13. The molecule has 0 aliphatic rings. The Labute approximate surface area is 98.2 Å². The van der Waals surface area contributed by atoms with E-state index in [1.54, 1.807) is 0 Å². The summed E-state index contributed by atoms with van der Waals surface area (Å²) in [5.41, 5.74) is 1.84. The fourth-order valence-electron chi connectivity index (χ4n) is 1.69. The highest BCUT2D eigenvalue weighted by molar-refractivity contribution is 6.06. The summed E-state index contributed by atoms with van der Waals surface area (Å²) in [6, 6.07) is 9.85. The first-order valence-electron chi connectivity index (χ1n) is 6.09. The Morgan fingerprint density at radius 2 is 1.88 bits per heavy atom. The van der Waals surface area contributed by atoms with Crippen molar-refractivity contribution in [3.8, 4) is 0 Å². The second kappa shape index (κ2) is 7.86. The number of rotatable bonds is 7. The fourth-order valence-corrected chi connectivity index (χ4v) is 1.69. The molecule has 86 valence electrons. The Balaban J connectivity index is 2.48. The van der Waals surface area contributed by atoms with Crippen LogP contribution in [0.4, 0.5) is 0 Å². The summed E-state index contributed by atoms with van der Waals surface area (Å²) in [6.45, 7) is 2.21. The SMILES string of the molecule is CCCCCCC=C(C=O)c1ccccc1. The zero-order valence-electron chi connectivity index (χ0n) is 9.99. The minimum absolute atomic E-state index is 0.817. The normalized spacial score (nSPS) is 11.4. The Morgan fingerprint density at radius 1 is 1.12 bits per heavy atom. The lowest BCUT2D eigenvalue weighted by molar-refractivity contribution is -0.103. The fraction of sp³-hybridized carbons (Fsp3) is 0.400. The first kappa shape index (κ1) is 12.7. The number of benzene rings is 1. The summed E-state index contributed by atoms with van der Waals surface area (Å²) in [5, 5.41) is 0. The van der Waals surface area contributed by atoms with Gasteiger partial charge in [-0.1, -0.05) is 62.6 Å². The Morgan fingerprint density at radius 3 is 2.50 bits per heavy atom. The third-order valence-corrected chi connectivity index (χ3v) is 2.66. The first-order valence-corrected chi connectivity index (χ1v) is 6.09. The van der Waals surface area contributed by atoms with Crippen LogP contribution in [0, 0.1) is 0 Å². The zero-order chi connectivity index (χ0) is 11.6. The highest BCUT2D eigenvalue weighted by atomic mass is 16.1. The second-order valence-corrected chi connectivity index (χ2v) is 3.99. The quantitative estimate of drug-likeness (QED) is 0.378. The molecule has 16 heavy (non-hydrogen) atoms. The summed E-state index contributed by atoms with van der Waals surface area (Å²) >= 11 is 0. The van der Waals surface area contributed by atoms with Crippen molar-refractivity contribution < 1.29 is 4.79 Å². The van der Waals surface area contributed by atoms with Crippen molar-refractivity contribution in [1.82, 2.24) is 0 Å². The molecule has 0 amide bonds. The number of carbonyl (C=O) groups is 1. The second-order valence-electron chi connectivity index (χ2n) is 3.99. The molecule has 0 aliphatic heterocycles. The van der Waals surface area contributed by atoms with Gasteiger partial charge in [-0.2, -0.15) is 0 Å². The number of hydrogen-bond donors (Lipinski definition) is 0. The van der Waals surface area contributed by atoms with Crippen LogP contribution in [0.2, 0.25) is 0 Å². The van der Waals surface area contributed by atoms with Crippen LogP contribution in [0.5, 0.6) is 0 Å². The molecule has 0 saturated carbocycles. The summed E-state index contributed by atoms with van der Waals surface area (Å²) < 4.78 is 0. The van der Waals surface area contributed by atoms with Crippen molar-refractivity contribution >= 4 is 11.9 Å². The standard InChI is InChI=1S/C15H20O/c1-2-3-4-5-7-12-15(13-16)14-10-8-6-9-11-14/h6,8-13H,2-5,7H2,1H3. The average molecular weight is 216 g/mol. The van der Waals surface area contributed by atoms with Crippen LogP contribution < -0.4 is 0 Å². The molecule has 1 aromatic rings. The predicted molar refractivity (Wildman–Crippen MR) is 69.2 cm³/mol. The molecule has 0 radical (unpaired) electrons. The minimum Gasteiger partial charge on any atom is -0.298 e. The van der Waals surface area contributed by atoms with E-state index in [0.717, 1.165) is 23.8 Å². The summed E-state index contributed by atoms with van der Waals surface area (Å²) in [6.07, 6.45) is 8.99. The lowest BCUT2D eigenvalue weighted by atomic mass is 10.0. The molecule has 0 unspecified atom stereocenters. The third kappa shape index (κ3) is 4.43. The molecule has 0 aliphatic carbocycles. The maximum absolute atomic E-state index is 11.0. The van der Waals surface area contributed by atoms with Crippen molar-refractivity contribution in [2.24, 2.45) is 0 Å². The van der Waals surface area contributed by atoms with Crippen molar-refractivity contribution in [2.75, 3.05) is 0 Å². The number of carbonyl (C=O) groups excluding carboxylic acids is 1. The lowest BCUT2D eigenvalue weighted by Gasteiger charge is -2.00. The van der Waals surface area contributed by atoms with E-state index in [2.05, 4.69) is 13.0 Å². The Bertz CT molecular complexity index is 325. The van der Waals surface area contributed by atoms with Gasteiger partial charge in [-0.15, -0.1) is 0 Å². The molecule has 0 heterocycles. The predicted octanol–water partition coefficient (Wildman–Crippen LogP) is 4.24. The van der Waals surface area contributed by atoms with Gasteiger partial charge in [0.15, 0.2) is 0 Å². The summed E-state index contributed by atoms with van der Waals surface area (Å²) in [7, 11) is 0. The lowest BCUT2D eigenvalue weighted by Crippen LogP contribution is -1.85. The Kier molecular flexibility index (Phi) is 6.24. The molecule has 0 saturated heterocycles. The van der Waals surface area contributed by atoms with E-state index in [-0.39, 0.29) is 0 Å². The van der Waals surface area contributed by atoms with E-state index >= 15 is 0 Å². The molecule has 0 N–H and O–H groups in total. The van der Waals surface area contributed by atoms with Gasteiger partial charge >= 0.3 is 0 Å². The molecule has 0 aromatic heterocycles. The molecule has 0 fully saturated rings. The van der Waals surface area contributed by atoms with Gasteiger partial charge in [0.05, 0.1) is 0 Å². The van der Waals surface area contributed by atoms with Gasteiger partial charge in [-0.3, -0.25) is 4.79 Å². The molecule has 1 heteroatoms. The monoisotopic (exact) mass is 216 g/mol. The van der Waals surface area contributed by atoms with Crippen LogP contribution in [0.1, 0.15) is 44.6 Å². The van der Waals surface area contributed by atoms with E-state index < -0.39 is 0 Å². The summed E-state index contributed by atoms with van der Waals surface area (Å²) in [4.78, 5) is 11.0. The molecule has 1 nitrogen and oxygen atoms in total. The largest absolute Gasteiger partial charge is 0.298 e. The van der Waals surface area contributed by atoms with Crippen molar-refractivity contribution in [2.45, 2.75) is 39.0 Å². The van der Waals surface area contributed by atoms with Crippen LogP contribution in [0.3, 0.4) is 0 Å². The zero-order valence-corrected chi connectivity index (χ0v) is 9.99. The van der Waals surface area contributed by atoms with Gasteiger partial charge in [0.25, 0.3) is 0 Å². The van der Waals surface area contributed by atoms with E-state index in [1.165, 1.54) is 25.7 Å². The van der Waals surface area contributed by atoms with Gasteiger partial charge in [-0.05, 0) is 18.4 Å². The smallest absolute Gasteiger partial charge is 0.150 e. The number of allylic oxidation sites excluding steroid dienone is 2. The molecule has 0 bridgehead atoms. The highest BCUT2D eigenvalue weighted by Gasteiger charge is 1.97. The van der Waals surface area contributed by atoms with Crippen LogP contribution >= 0.6 is 0 Å². The van der Waals surface area contributed by atoms with E-state index in [9.17, 15) is 4.79 Å². The van der Waals surface area contributed by atoms with Crippen LogP contribution in [-0.2, 0) is 4.79 Å². The number of aldehydes is 1. The number of hydrogen-bond acceptors (Lipinski definition) is 1. The van der Waals surface area contributed by atoms with Crippen molar-refractivity contribution in [3.63, 3.8) is 0 Å². The average Bonchev–Trinajstić information content (AvgIpc) is 2.35. The summed E-state index contributed by atoms with van der Waals surface area (Å²) in [5.74, 6) is 0.